The summed E-state index contributed by atoms with van der Waals surface area (Å²) in [6.45, 7) is 8.28. The number of ether oxygens (including phenoxy) is 3. The molecule has 0 fully saturated rings. The highest BCUT2D eigenvalue weighted by molar-refractivity contribution is 5.43. The van der Waals surface area contributed by atoms with Gasteiger partial charge in [-0.05, 0) is 38.5 Å². The van der Waals surface area contributed by atoms with Crippen molar-refractivity contribution in [3.63, 3.8) is 0 Å². The fraction of sp³-hybridized carbons (Fsp3) is 0.625. The first-order valence-corrected chi connectivity index (χ1v) is 7.38. The fourth-order valence-corrected chi connectivity index (χ4v) is 1.73. The van der Waals surface area contributed by atoms with E-state index < -0.39 is 6.10 Å². The van der Waals surface area contributed by atoms with Crippen LogP contribution in [0.15, 0.2) is 18.2 Å². The van der Waals surface area contributed by atoms with E-state index in [2.05, 4.69) is 5.32 Å². The zero-order valence-corrected chi connectivity index (χ0v) is 13.4. The number of rotatable bonds is 10. The van der Waals surface area contributed by atoms with Crippen LogP contribution >= 0.6 is 0 Å². The predicted octanol–water partition coefficient (Wildman–Crippen LogP) is 1.97. The zero-order valence-electron chi connectivity index (χ0n) is 13.4. The molecular weight excluding hydrogens is 270 g/mol. The molecule has 1 aromatic carbocycles. The third-order valence-electron chi connectivity index (χ3n) is 3.11. The molecule has 0 amide bonds. The summed E-state index contributed by atoms with van der Waals surface area (Å²) in [7, 11) is 1.68. The Morgan fingerprint density at radius 3 is 2.62 bits per heavy atom. The Labute approximate surface area is 127 Å². The summed E-state index contributed by atoms with van der Waals surface area (Å²) in [5.74, 6) is 1.36. The van der Waals surface area contributed by atoms with Crippen LogP contribution in [0.2, 0.25) is 0 Å². The van der Waals surface area contributed by atoms with Crippen LogP contribution < -0.4 is 14.8 Å². The lowest BCUT2D eigenvalue weighted by atomic mass is 10.2. The quantitative estimate of drug-likeness (QED) is 0.647. The molecular formula is C16H27NO4. The SMILES string of the molecule is CCOc1cc(CNCCOC)ccc1OC(C)C(C)O. The molecule has 1 rings (SSSR count). The summed E-state index contributed by atoms with van der Waals surface area (Å²) in [5, 5.41) is 12.8. The predicted molar refractivity (Wildman–Crippen MR) is 83.0 cm³/mol. The smallest absolute Gasteiger partial charge is 0.161 e. The van der Waals surface area contributed by atoms with Gasteiger partial charge in [-0.15, -0.1) is 0 Å². The Kier molecular flexibility index (Phi) is 8.12. The highest BCUT2D eigenvalue weighted by atomic mass is 16.5. The van der Waals surface area contributed by atoms with E-state index in [-0.39, 0.29) is 6.10 Å². The number of methoxy groups -OCH3 is 1. The Bertz CT molecular complexity index is 409. The zero-order chi connectivity index (χ0) is 15.7. The molecule has 5 nitrogen and oxygen atoms in total. The Morgan fingerprint density at radius 1 is 1.24 bits per heavy atom. The van der Waals surface area contributed by atoms with Crippen LogP contribution in [0.3, 0.4) is 0 Å². The molecule has 2 unspecified atom stereocenters. The van der Waals surface area contributed by atoms with Crippen molar-refractivity contribution < 1.29 is 19.3 Å². The summed E-state index contributed by atoms with van der Waals surface area (Å²) in [6.07, 6.45) is -0.815. The summed E-state index contributed by atoms with van der Waals surface area (Å²) >= 11 is 0. The summed E-state index contributed by atoms with van der Waals surface area (Å²) < 4.78 is 16.4. The minimum Gasteiger partial charge on any atom is -0.490 e. The van der Waals surface area contributed by atoms with E-state index >= 15 is 0 Å². The van der Waals surface area contributed by atoms with E-state index in [1.807, 2.05) is 32.0 Å². The highest BCUT2D eigenvalue weighted by Crippen LogP contribution is 2.29. The molecule has 120 valence electrons. The van der Waals surface area contributed by atoms with E-state index in [1.165, 1.54) is 0 Å². The Hall–Kier alpha value is -1.30. The van der Waals surface area contributed by atoms with Crippen molar-refractivity contribution in [3.8, 4) is 11.5 Å². The van der Waals surface area contributed by atoms with E-state index in [9.17, 15) is 5.11 Å². The molecule has 0 aliphatic rings. The lowest BCUT2D eigenvalue weighted by Crippen LogP contribution is -2.25. The van der Waals surface area contributed by atoms with Gasteiger partial charge in [0.1, 0.15) is 6.10 Å². The van der Waals surface area contributed by atoms with Crippen LogP contribution in [0.1, 0.15) is 26.3 Å². The Morgan fingerprint density at radius 2 is 2.00 bits per heavy atom. The molecule has 0 saturated heterocycles. The average Bonchev–Trinajstić information content (AvgIpc) is 2.46. The second-order valence-electron chi connectivity index (χ2n) is 4.95. The molecule has 5 heteroatoms. The maximum atomic E-state index is 9.54. The van der Waals surface area contributed by atoms with Crippen LogP contribution in [-0.2, 0) is 11.3 Å². The summed E-state index contributed by atoms with van der Waals surface area (Å²) in [6, 6.07) is 5.84. The van der Waals surface area contributed by atoms with E-state index in [1.54, 1.807) is 14.0 Å². The minimum atomic E-state index is -0.533. The average molecular weight is 297 g/mol. The van der Waals surface area contributed by atoms with Crippen molar-refractivity contribution in [2.75, 3.05) is 26.9 Å². The third kappa shape index (κ3) is 6.33. The second kappa shape index (κ2) is 9.60. The monoisotopic (exact) mass is 297 g/mol. The van der Waals surface area contributed by atoms with Crippen molar-refractivity contribution in [2.24, 2.45) is 0 Å². The molecule has 0 radical (unpaired) electrons. The lowest BCUT2D eigenvalue weighted by molar-refractivity contribution is 0.0582. The van der Waals surface area contributed by atoms with Gasteiger partial charge in [0.15, 0.2) is 11.5 Å². The normalized spacial score (nSPS) is 13.8. The maximum absolute atomic E-state index is 9.54. The minimum absolute atomic E-state index is 0.283. The van der Waals surface area contributed by atoms with Gasteiger partial charge in [0.25, 0.3) is 0 Å². The first kappa shape index (κ1) is 17.8. The topological polar surface area (TPSA) is 60.0 Å². The van der Waals surface area contributed by atoms with Crippen LogP contribution in [0.5, 0.6) is 11.5 Å². The fourth-order valence-electron chi connectivity index (χ4n) is 1.73. The van der Waals surface area contributed by atoms with E-state index in [0.29, 0.717) is 24.7 Å². The van der Waals surface area contributed by atoms with Gasteiger partial charge in [0.05, 0.1) is 19.3 Å². The van der Waals surface area contributed by atoms with Crippen molar-refractivity contribution in [1.82, 2.24) is 5.32 Å². The van der Waals surface area contributed by atoms with Crippen LogP contribution in [-0.4, -0.2) is 44.2 Å². The molecule has 0 aliphatic carbocycles. The first-order chi connectivity index (χ1) is 10.1. The standard InChI is InChI=1S/C16H27NO4/c1-5-20-16-10-14(11-17-8-9-19-4)6-7-15(16)21-13(3)12(2)18/h6-7,10,12-13,17-18H,5,8-9,11H2,1-4H3. The summed E-state index contributed by atoms with van der Waals surface area (Å²) in [4.78, 5) is 0. The van der Waals surface area contributed by atoms with Gasteiger partial charge in [0, 0.05) is 20.2 Å². The maximum Gasteiger partial charge on any atom is 0.161 e. The van der Waals surface area contributed by atoms with Gasteiger partial charge < -0.3 is 24.6 Å². The summed E-state index contributed by atoms with van der Waals surface area (Å²) in [5.41, 5.74) is 1.12. The van der Waals surface area contributed by atoms with Gasteiger partial charge in [0.2, 0.25) is 0 Å². The number of aliphatic hydroxyl groups is 1. The number of hydrogen-bond donors (Lipinski definition) is 2. The molecule has 0 saturated carbocycles. The van der Waals surface area contributed by atoms with Crippen molar-refractivity contribution >= 4 is 0 Å². The largest absolute Gasteiger partial charge is 0.490 e. The van der Waals surface area contributed by atoms with Crippen LogP contribution in [0, 0.1) is 0 Å². The van der Waals surface area contributed by atoms with Crippen molar-refractivity contribution in [2.45, 2.75) is 39.5 Å². The third-order valence-corrected chi connectivity index (χ3v) is 3.11. The lowest BCUT2D eigenvalue weighted by Gasteiger charge is -2.20. The van der Waals surface area contributed by atoms with Crippen molar-refractivity contribution in [3.05, 3.63) is 23.8 Å². The number of nitrogens with one attached hydrogen (secondary N) is 1. The van der Waals surface area contributed by atoms with Crippen LogP contribution in [0.4, 0.5) is 0 Å². The number of benzene rings is 1. The second-order valence-corrected chi connectivity index (χ2v) is 4.95. The van der Waals surface area contributed by atoms with E-state index in [4.69, 9.17) is 14.2 Å². The molecule has 0 aliphatic heterocycles. The highest BCUT2D eigenvalue weighted by Gasteiger charge is 2.14. The number of aliphatic hydroxyl groups excluding tert-OH is 1. The van der Waals surface area contributed by atoms with Crippen molar-refractivity contribution in [1.29, 1.82) is 0 Å². The van der Waals surface area contributed by atoms with Gasteiger partial charge >= 0.3 is 0 Å². The number of hydrogen-bond acceptors (Lipinski definition) is 5. The molecule has 0 spiro atoms. The Balaban J connectivity index is 2.71. The molecule has 1 aromatic rings. The van der Waals surface area contributed by atoms with Crippen LogP contribution in [0.25, 0.3) is 0 Å². The molecule has 21 heavy (non-hydrogen) atoms. The molecule has 2 N–H and O–H groups in total. The van der Waals surface area contributed by atoms with Gasteiger partial charge in [-0.1, -0.05) is 6.07 Å². The molecule has 0 heterocycles. The molecule has 2 atom stereocenters. The van der Waals surface area contributed by atoms with E-state index in [0.717, 1.165) is 18.7 Å². The van der Waals surface area contributed by atoms with Gasteiger partial charge in [-0.3, -0.25) is 0 Å². The molecule has 0 bridgehead atoms. The van der Waals surface area contributed by atoms with Gasteiger partial charge in [-0.2, -0.15) is 0 Å². The van der Waals surface area contributed by atoms with Gasteiger partial charge in [-0.25, -0.2) is 0 Å². The first-order valence-electron chi connectivity index (χ1n) is 7.38. The molecule has 0 aromatic heterocycles.